The van der Waals surface area contributed by atoms with Crippen LogP contribution < -0.4 is 0 Å². The Morgan fingerprint density at radius 1 is 1.36 bits per heavy atom. The van der Waals surface area contributed by atoms with Gasteiger partial charge in [0.25, 0.3) is 5.91 Å². The van der Waals surface area contributed by atoms with Crippen LogP contribution in [0.2, 0.25) is 0 Å². The Kier molecular flexibility index (Phi) is 4.30. The number of nitrogens with zero attached hydrogens (tertiary/aromatic N) is 5. The van der Waals surface area contributed by atoms with Gasteiger partial charge in [-0.25, -0.2) is 4.98 Å². The molecule has 2 aliphatic rings. The highest BCUT2D eigenvalue weighted by Crippen LogP contribution is 2.25. The van der Waals surface area contributed by atoms with E-state index in [2.05, 4.69) is 19.6 Å². The summed E-state index contributed by atoms with van der Waals surface area (Å²) >= 11 is 0. The molecule has 0 aliphatic carbocycles. The second kappa shape index (κ2) is 6.61. The van der Waals surface area contributed by atoms with Crippen LogP contribution in [0.1, 0.15) is 27.6 Å². The highest BCUT2D eigenvalue weighted by atomic mass is 16.5. The zero-order valence-electron chi connectivity index (χ0n) is 14.6. The fourth-order valence-electron chi connectivity index (χ4n) is 3.62. The molecule has 4 rings (SSSR count). The van der Waals surface area contributed by atoms with E-state index in [9.17, 15) is 4.79 Å². The van der Waals surface area contributed by atoms with Gasteiger partial charge in [-0.1, -0.05) is 5.16 Å². The average Bonchev–Trinajstić information content (AvgIpc) is 3.21. The number of hydrogen-bond donors (Lipinski definition) is 0. The molecule has 0 saturated carbocycles. The third-order valence-corrected chi connectivity index (χ3v) is 5.02. The van der Waals surface area contributed by atoms with Crippen molar-refractivity contribution in [2.24, 2.45) is 7.05 Å². The largest absolute Gasteiger partial charge is 0.379 e. The lowest BCUT2D eigenvalue weighted by Gasteiger charge is -2.39. The number of hydrogen-bond acceptors (Lipinski definition) is 6. The molecule has 1 atom stereocenters. The van der Waals surface area contributed by atoms with Crippen LogP contribution in [0.15, 0.2) is 16.9 Å². The minimum Gasteiger partial charge on any atom is -0.379 e. The average molecular weight is 345 g/mol. The lowest BCUT2D eigenvalue weighted by molar-refractivity contribution is 0.0186. The number of aromatic nitrogens is 3. The van der Waals surface area contributed by atoms with E-state index in [-0.39, 0.29) is 11.9 Å². The Morgan fingerprint density at radius 2 is 2.16 bits per heavy atom. The molecule has 4 heterocycles. The molecule has 2 aromatic rings. The van der Waals surface area contributed by atoms with Crippen LogP contribution in [0.5, 0.6) is 0 Å². The van der Waals surface area contributed by atoms with Crippen LogP contribution in [0.4, 0.5) is 0 Å². The summed E-state index contributed by atoms with van der Waals surface area (Å²) in [5.74, 6) is 0.551. The Morgan fingerprint density at radius 3 is 2.88 bits per heavy atom. The molecular weight excluding hydrogens is 322 g/mol. The number of carbonyl (C=O) groups excluding carboxylic acids is 1. The molecule has 8 heteroatoms. The first-order valence-electron chi connectivity index (χ1n) is 8.65. The van der Waals surface area contributed by atoms with Crippen molar-refractivity contribution in [2.45, 2.75) is 25.9 Å². The predicted octanol–water partition coefficient (Wildman–Crippen LogP) is 0.616. The van der Waals surface area contributed by atoms with Gasteiger partial charge in [0.05, 0.1) is 37.8 Å². The van der Waals surface area contributed by atoms with Crippen molar-refractivity contribution in [1.82, 2.24) is 24.5 Å². The molecule has 1 amide bonds. The van der Waals surface area contributed by atoms with E-state index in [0.29, 0.717) is 18.0 Å². The molecule has 2 aliphatic heterocycles. The number of ether oxygens (including phenoxy) is 1. The number of aryl methyl sites for hydroxylation is 2. The van der Waals surface area contributed by atoms with Crippen molar-refractivity contribution >= 4 is 5.91 Å². The molecular formula is C17H23N5O3. The molecule has 0 aromatic carbocycles. The van der Waals surface area contributed by atoms with E-state index in [1.165, 1.54) is 5.69 Å². The summed E-state index contributed by atoms with van der Waals surface area (Å²) < 4.78 is 12.6. The zero-order chi connectivity index (χ0) is 17.4. The predicted molar refractivity (Wildman–Crippen MR) is 89.1 cm³/mol. The molecule has 134 valence electrons. The Labute approximate surface area is 146 Å². The summed E-state index contributed by atoms with van der Waals surface area (Å²) in [7, 11) is 2.01. The number of amides is 1. The molecule has 0 bridgehead atoms. The van der Waals surface area contributed by atoms with Gasteiger partial charge >= 0.3 is 0 Å². The number of imidazole rings is 1. The zero-order valence-corrected chi connectivity index (χ0v) is 14.6. The van der Waals surface area contributed by atoms with E-state index in [1.54, 1.807) is 13.0 Å². The molecule has 8 nitrogen and oxygen atoms in total. The molecule has 1 fully saturated rings. The first-order valence-corrected chi connectivity index (χ1v) is 8.65. The first-order chi connectivity index (χ1) is 12.1. The maximum Gasteiger partial charge on any atom is 0.276 e. The first kappa shape index (κ1) is 16.3. The molecule has 2 aromatic heterocycles. The van der Waals surface area contributed by atoms with Crippen LogP contribution in [-0.2, 0) is 24.8 Å². The molecule has 0 spiro atoms. The highest BCUT2D eigenvalue weighted by molar-refractivity contribution is 5.92. The van der Waals surface area contributed by atoms with E-state index < -0.39 is 0 Å². The van der Waals surface area contributed by atoms with Gasteiger partial charge in [-0.05, 0) is 6.92 Å². The third kappa shape index (κ3) is 3.19. The lowest BCUT2D eigenvalue weighted by atomic mass is 10.0. The summed E-state index contributed by atoms with van der Waals surface area (Å²) in [6, 6.07) is 1.78. The molecule has 1 saturated heterocycles. The SMILES string of the molecule is Cc1cc(C(=O)N2Cc3ncn(C)c3C[C@H]2CN2CCOCC2)no1. The van der Waals surface area contributed by atoms with E-state index in [4.69, 9.17) is 9.26 Å². The Bertz CT molecular complexity index is 762. The highest BCUT2D eigenvalue weighted by Gasteiger charge is 2.35. The van der Waals surface area contributed by atoms with Crippen molar-refractivity contribution in [3.05, 3.63) is 35.2 Å². The topological polar surface area (TPSA) is 76.6 Å². The summed E-state index contributed by atoms with van der Waals surface area (Å²) in [5.41, 5.74) is 2.54. The van der Waals surface area contributed by atoms with Crippen LogP contribution in [0.25, 0.3) is 0 Å². The van der Waals surface area contributed by atoms with Crippen molar-refractivity contribution < 1.29 is 14.1 Å². The second-order valence-electron chi connectivity index (χ2n) is 6.78. The van der Waals surface area contributed by atoms with Gasteiger partial charge in [0, 0.05) is 44.9 Å². The van der Waals surface area contributed by atoms with Gasteiger partial charge in [0.15, 0.2) is 5.69 Å². The van der Waals surface area contributed by atoms with Crippen LogP contribution in [0.3, 0.4) is 0 Å². The van der Waals surface area contributed by atoms with Gasteiger partial charge in [0.1, 0.15) is 5.76 Å². The van der Waals surface area contributed by atoms with Crippen molar-refractivity contribution in [1.29, 1.82) is 0 Å². The van der Waals surface area contributed by atoms with Crippen molar-refractivity contribution in [3.63, 3.8) is 0 Å². The second-order valence-corrected chi connectivity index (χ2v) is 6.78. The normalized spacial score (nSPS) is 21.4. The quantitative estimate of drug-likeness (QED) is 0.811. The maximum absolute atomic E-state index is 13.0. The van der Waals surface area contributed by atoms with E-state index in [1.807, 2.05) is 18.3 Å². The lowest BCUT2D eigenvalue weighted by Crippen LogP contribution is -2.52. The third-order valence-electron chi connectivity index (χ3n) is 5.02. The van der Waals surface area contributed by atoms with Crippen molar-refractivity contribution in [2.75, 3.05) is 32.8 Å². The smallest absolute Gasteiger partial charge is 0.276 e. The number of fused-ring (bicyclic) bond motifs is 1. The summed E-state index contributed by atoms with van der Waals surface area (Å²) in [5, 5.41) is 3.91. The fourth-order valence-corrected chi connectivity index (χ4v) is 3.62. The van der Waals surface area contributed by atoms with Gasteiger partial charge in [0.2, 0.25) is 0 Å². The summed E-state index contributed by atoms with van der Waals surface area (Å²) in [4.78, 5) is 21.7. The Hall–Kier alpha value is -2.19. The van der Waals surface area contributed by atoms with Gasteiger partial charge in [-0.2, -0.15) is 0 Å². The van der Waals surface area contributed by atoms with E-state index in [0.717, 1.165) is 45.0 Å². The molecule has 25 heavy (non-hydrogen) atoms. The monoisotopic (exact) mass is 345 g/mol. The van der Waals surface area contributed by atoms with Gasteiger partial charge in [-0.15, -0.1) is 0 Å². The van der Waals surface area contributed by atoms with E-state index >= 15 is 0 Å². The standard InChI is InChI=1S/C17H23N5O3/c1-12-7-14(19-25-12)17(23)22-10-15-16(20(2)11-18-15)8-13(22)9-21-3-5-24-6-4-21/h7,11,13H,3-6,8-10H2,1-2H3/t13-/m0/s1. The van der Waals surface area contributed by atoms with Crippen LogP contribution in [0, 0.1) is 6.92 Å². The number of carbonyl (C=O) groups is 1. The minimum atomic E-state index is -0.0913. The molecule has 0 radical (unpaired) electrons. The summed E-state index contributed by atoms with van der Waals surface area (Å²) in [6.45, 7) is 6.44. The molecule has 0 N–H and O–H groups in total. The maximum atomic E-state index is 13.0. The minimum absolute atomic E-state index is 0.0884. The fraction of sp³-hybridized carbons (Fsp3) is 0.588. The molecule has 0 unspecified atom stereocenters. The van der Waals surface area contributed by atoms with Crippen LogP contribution in [-0.4, -0.2) is 69.3 Å². The summed E-state index contributed by atoms with van der Waals surface area (Å²) in [6.07, 6.45) is 2.62. The Balaban J connectivity index is 1.59. The number of morpholine rings is 1. The van der Waals surface area contributed by atoms with Gasteiger partial charge in [-0.3, -0.25) is 9.69 Å². The van der Waals surface area contributed by atoms with Crippen molar-refractivity contribution in [3.8, 4) is 0 Å². The number of rotatable bonds is 3. The van der Waals surface area contributed by atoms with Gasteiger partial charge < -0.3 is 18.7 Å². The van der Waals surface area contributed by atoms with Crippen LogP contribution >= 0.6 is 0 Å².